The van der Waals surface area contributed by atoms with Gasteiger partial charge in [-0.2, -0.15) is 13.2 Å². The third-order valence-corrected chi connectivity index (χ3v) is 4.06. The molecule has 1 heterocycles. The molecule has 3 nitrogen and oxygen atoms in total. The molecule has 1 fully saturated rings. The summed E-state index contributed by atoms with van der Waals surface area (Å²) in [6, 6.07) is 3.90. The molecular formula is C17H23F3N2O. The second-order valence-corrected chi connectivity index (χ2v) is 5.91. The van der Waals surface area contributed by atoms with E-state index in [4.69, 9.17) is 4.74 Å². The summed E-state index contributed by atoms with van der Waals surface area (Å²) in [5.74, 6) is 0.218. The molecule has 0 radical (unpaired) electrons. The molecule has 6 heteroatoms. The molecule has 23 heavy (non-hydrogen) atoms. The number of alkyl halides is 3. The van der Waals surface area contributed by atoms with Crippen LogP contribution in [0.25, 0.3) is 0 Å². The SMILES string of the molecule is C=C(C)C[C@H](c1ccc(OC)cc1C(F)(F)F)N1CCNCC1. The van der Waals surface area contributed by atoms with E-state index in [9.17, 15) is 13.2 Å². The van der Waals surface area contributed by atoms with E-state index in [0.29, 0.717) is 12.0 Å². The number of nitrogens with zero attached hydrogens (tertiary/aromatic N) is 1. The molecule has 0 amide bonds. The van der Waals surface area contributed by atoms with Gasteiger partial charge in [-0.15, -0.1) is 6.58 Å². The minimum absolute atomic E-state index is 0.218. The van der Waals surface area contributed by atoms with Gasteiger partial charge in [0.1, 0.15) is 5.75 Å². The van der Waals surface area contributed by atoms with Crippen LogP contribution in [-0.2, 0) is 6.18 Å². The zero-order chi connectivity index (χ0) is 17.0. The summed E-state index contributed by atoms with van der Waals surface area (Å²) in [6.07, 6.45) is -3.90. The lowest BCUT2D eigenvalue weighted by Crippen LogP contribution is -2.45. The van der Waals surface area contributed by atoms with Crippen LogP contribution in [0, 0.1) is 0 Å². The van der Waals surface area contributed by atoms with Crippen LogP contribution in [0.15, 0.2) is 30.4 Å². The lowest BCUT2D eigenvalue weighted by molar-refractivity contribution is -0.139. The molecule has 1 N–H and O–H groups in total. The van der Waals surface area contributed by atoms with E-state index in [-0.39, 0.29) is 11.8 Å². The molecule has 1 aliphatic rings. The Balaban J connectivity index is 2.46. The van der Waals surface area contributed by atoms with Gasteiger partial charge in [0.05, 0.1) is 12.7 Å². The van der Waals surface area contributed by atoms with Gasteiger partial charge < -0.3 is 10.1 Å². The molecular weight excluding hydrogens is 305 g/mol. The van der Waals surface area contributed by atoms with Gasteiger partial charge in [-0.1, -0.05) is 11.6 Å². The molecule has 128 valence electrons. The third-order valence-electron chi connectivity index (χ3n) is 4.06. The van der Waals surface area contributed by atoms with Crippen molar-refractivity contribution < 1.29 is 17.9 Å². The van der Waals surface area contributed by atoms with Crippen molar-refractivity contribution in [3.05, 3.63) is 41.5 Å². The number of hydrogen-bond acceptors (Lipinski definition) is 3. The number of benzene rings is 1. The highest BCUT2D eigenvalue weighted by molar-refractivity contribution is 5.40. The predicted molar refractivity (Wildman–Crippen MR) is 84.6 cm³/mol. The molecule has 0 unspecified atom stereocenters. The fraction of sp³-hybridized carbons (Fsp3) is 0.529. The zero-order valence-electron chi connectivity index (χ0n) is 13.5. The highest BCUT2D eigenvalue weighted by atomic mass is 19.4. The van der Waals surface area contributed by atoms with Crippen LogP contribution in [0.1, 0.15) is 30.5 Å². The Labute approximate surface area is 135 Å². The molecule has 0 bridgehead atoms. The molecule has 1 aromatic rings. The highest BCUT2D eigenvalue weighted by Gasteiger charge is 2.37. The smallest absolute Gasteiger partial charge is 0.416 e. The maximum Gasteiger partial charge on any atom is 0.416 e. The first kappa shape index (κ1) is 17.8. The Morgan fingerprint density at radius 2 is 2.00 bits per heavy atom. The Morgan fingerprint density at radius 3 is 2.52 bits per heavy atom. The minimum atomic E-state index is -4.41. The Bertz CT molecular complexity index is 551. The number of hydrogen-bond donors (Lipinski definition) is 1. The highest BCUT2D eigenvalue weighted by Crippen LogP contribution is 2.40. The van der Waals surface area contributed by atoms with E-state index in [1.54, 1.807) is 6.07 Å². The van der Waals surface area contributed by atoms with E-state index in [1.807, 2.05) is 6.92 Å². The molecule has 0 aliphatic carbocycles. The molecule has 0 saturated carbocycles. The largest absolute Gasteiger partial charge is 0.497 e. The van der Waals surface area contributed by atoms with Gasteiger partial charge in [0, 0.05) is 32.2 Å². The second-order valence-electron chi connectivity index (χ2n) is 5.91. The average molecular weight is 328 g/mol. The van der Waals surface area contributed by atoms with E-state index in [1.165, 1.54) is 13.2 Å². The van der Waals surface area contributed by atoms with Gasteiger partial charge in [-0.25, -0.2) is 0 Å². The van der Waals surface area contributed by atoms with Crippen molar-refractivity contribution in [3.8, 4) is 5.75 Å². The normalized spacial score (nSPS) is 17.8. The zero-order valence-corrected chi connectivity index (χ0v) is 13.5. The number of halogens is 3. The average Bonchev–Trinajstić information content (AvgIpc) is 2.52. The molecule has 1 aliphatic heterocycles. The molecule has 1 aromatic carbocycles. The van der Waals surface area contributed by atoms with Crippen molar-refractivity contribution >= 4 is 0 Å². The number of rotatable bonds is 5. The number of ether oxygens (including phenoxy) is 1. The lowest BCUT2D eigenvalue weighted by Gasteiger charge is -2.36. The number of piperazine rings is 1. The van der Waals surface area contributed by atoms with E-state index in [0.717, 1.165) is 37.8 Å². The molecule has 1 saturated heterocycles. The summed E-state index contributed by atoms with van der Waals surface area (Å²) >= 11 is 0. The molecule has 2 rings (SSSR count). The van der Waals surface area contributed by atoms with Crippen LogP contribution in [0.3, 0.4) is 0 Å². The summed E-state index contributed by atoms with van der Waals surface area (Å²) in [5.41, 5.74) is 0.544. The van der Waals surface area contributed by atoms with Crippen molar-refractivity contribution in [2.24, 2.45) is 0 Å². The van der Waals surface area contributed by atoms with Crippen LogP contribution < -0.4 is 10.1 Å². The second kappa shape index (κ2) is 7.36. The molecule has 0 aromatic heterocycles. The maximum atomic E-state index is 13.5. The molecule has 1 atom stereocenters. The maximum absolute atomic E-state index is 13.5. The quantitative estimate of drug-likeness (QED) is 0.836. The summed E-state index contributed by atoms with van der Waals surface area (Å²) in [6.45, 7) is 8.76. The van der Waals surface area contributed by atoms with Crippen molar-refractivity contribution in [1.29, 1.82) is 0 Å². The van der Waals surface area contributed by atoms with Crippen LogP contribution in [0.5, 0.6) is 5.75 Å². The van der Waals surface area contributed by atoms with Crippen LogP contribution >= 0.6 is 0 Å². The Kier molecular flexibility index (Phi) is 5.70. The first-order valence-electron chi connectivity index (χ1n) is 7.67. The Morgan fingerprint density at radius 1 is 1.35 bits per heavy atom. The van der Waals surface area contributed by atoms with Gasteiger partial charge >= 0.3 is 6.18 Å². The minimum Gasteiger partial charge on any atom is -0.497 e. The van der Waals surface area contributed by atoms with Crippen molar-refractivity contribution in [1.82, 2.24) is 10.2 Å². The van der Waals surface area contributed by atoms with Crippen LogP contribution in [0.2, 0.25) is 0 Å². The van der Waals surface area contributed by atoms with E-state index in [2.05, 4.69) is 16.8 Å². The topological polar surface area (TPSA) is 24.5 Å². The van der Waals surface area contributed by atoms with E-state index < -0.39 is 11.7 Å². The van der Waals surface area contributed by atoms with Gasteiger partial charge in [-0.3, -0.25) is 4.90 Å². The van der Waals surface area contributed by atoms with Gasteiger partial charge in [0.15, 0.2) is 0 Å². The van der Waals surface area contributed by atoms with Gasteiger partial charge in [0.25, 0.3) is 0 Å². The predicted octanol–water partition coefficient (Wildman–Crippen LogP) is 3.63. The lowest BCUT2D eigenvalue weighted by atomic mass is 9.93. The third kappa shape index (κ3) is 4.48. The standard InChI is InChI=1S/C17H23F3N2O/c1-12(2)10-16(22-8-6-21-7-9-22)14-5-4-13(23-3)11-15(14)17(18,19)20/h4-5,11,16,21H,1,6-10H2,2-3H3/t16-/m1/s1. The van der Waals surface area contributed by atoms with E-state index >= 15 is 0 Å². The van der Waals surface area contributed by atoms with Crippen molar-refractivity contribution in [3.63, 3.8) is 0 Å². The first-order valence-corrected chi connectivity index (χ1v) is 7.67. The molecule has 0 spiro atoms. The fourth-order valence-corrected chi connectivity index (χ4v) is 2.96. The summed E-state index contributed by atoms with van der Waals surface area (Å²) in [7, 11) is 1.37. The fourth-order valence-electron chi connectivity index (χ4n) is 2.96. The summed E-state index contributed by atoms with van der Waals surface area (Å²) < 4.78 is 45.5. The van der Waals surface area contributed by atoms with Crippen LogP contribution in [0.4, 0.5) is 13.2 Å². The monoisotopic (exact) mass is 328 g/mol. The van der Waals surface area contributed by atoms with Crippen molar-refractivity contribution in [2.45, 2.75) is 25.6 Å². The summed E-state index contributed by atoms with van der Waals surface area (Å²) in [4.78, 5) is 2.10. The van der Waals surface area contributed by atoms with Gasteiger partial charge in [-0.05, 0) is 31.0 Å². The van der Waals surface area contributed by atoms with Crippen LogP contribution in [-0.4, -0.2) is 38.2 Å². The first-order chi connectivity index (χ1) is 10.8. The van der Waals surface area contributed by atoms with Gasteiger partial charge in [0.2, 0.25) is 0 Å². The summed E-state index contributed by atoms with van der Waals surface area (Å²) in [5, 5.41) is 3.23. The van der Waals surface area contributed by atoms with Crippen molar-refractivity contribution in [2.75, 3.05) is 33.3 Å². The Hall–Kier alpha value is -1.53. The number of nitrogens with one attached hydrogen (secondary N) is 1. The number of methoxy groups -OCH3 is 1.